The van der Waals surface area contributed by atoms with Gasteiger partial charge < -0.3 is 24.1 Å². The van der Waals surface area contributed by atoms with Crippen LogP contribution in [0.2, 0.25) is 0 Å². The number of aryl methyl sites for hydroxylation is 1. The zero-order valence-corrected chi connectivity index (χ0v) is 16.0. The summed E-state index contributed by atoms with van der Waals surface area (Å²) >= 11 is 0. The highest BCUT2D eigenvalue weighted by atomic mass is 16.6. The van der Waals surface area contributed by atoms with Crippen LogP contribution >= 0.6 is 0 Å². The average molecular weight is 372 g/mol. The van der Waals surface area contributed by atoms with Gasteiger partial charge in [0.2, 0.25) is 0 Å². The minimum absolute atomic E-state index is 0.00132. The molecule has 0 aromatic heterocycles. The second kappa shape index (κ2) is 6.50. The van der Waals surface area contributed by atoms with Crippen LogP contribution in [0.15, 0.2) is 6.07 Å². The molecule has 2 aromatic rings. The topological polar surface area (TPSA) is 91.3 Å². The van der Waals surface area contributed by atoms with Crippen LogP contribution in [0.5, 0.6) is 28.7 Å². The van der Waals surface area contributed by atoms with Gasteiger partial charge in [-0.1, -0.05) is 0 Å². The van der Waals surface area contributed by atoms with Crippen LogP contribution in [-0.4, -0.2) is 31.3 Å². The van der Waals surface area contributed by atoms with Gasteiger partial charge in [-0.05, 0) is 39.3 Å². The fourth-order valence-corrected chi connectivity index (χ4v) is 3.26. The average Bonchev–Trinajstić information content (AvgIpc) is 2.79. The van der Waals surface area contributed by atoms with Crippen LogP contribution in [0, 0.1) is 27.7 Å². The molecule has 0 bridgehead atoms. The molecule has 0 fully saturated rings. The summed E-state index contributed by atoms with van der Waals surface area (Å²) in [6, 6.07) is 1.48. The number of phenolic OH excluding ortho intramolecular Hbond substituents is 1. The lowest BCUT2D eigenvalue weighted by atomic mass is 10.0. The number of hydrogen-bond donors (Lipinski definition) is 1. The van der Waals surface area contributed by atoms with E-state index in [1.165, 1.54) is 20.3 Å². The van der Waals surface area contributed by atoms with Gasteiger partial charge in [-0.15, -0.1) is 0 Å². The molecule has 0 saturated heterocycles. The molecule has 0 amide bonds. The van der Waals surface area contributed by atoms with E-state index in [1.54, 1.807) is 27.7 Å². The van der Waals surface area contributed by atoms with Crippen LogP contribution in [0.4, 0.5) is 0 Å². The number of hydrogen-bond acceptors (Lipinski definition) is 7. The summed E-state index contributed by atoms with van der Waals surface area (Å²) < 4.78 is 21.9. The third-order valence-corrected chi connectivity index (χ3v) is 4.73. The molecule has 0 spiro atoms. The molecule has 0 aliphatic carbocycles. The summed E-state index contributed by atoms with van der Waals surface area (Å²) in [4.78, 5) is 25.1. The summed E-state index contributed by atoms with van der Waals surface area (Å²) in [5, 5.41) is 10.1. The van der Waals surface area contributed by atoms with Crippen molar-refractivity contribution in [3.05, 3.63) is 39.4 Å². The molecule has 27 heavy (non-hydrogen) atoms. The molecule has 1 N–H and O–H groups in total. The summed E-state index contributed by atoms with van der Waals surface area (Å²) in [5.41, 5.74) is 2.15. The molecular formula is C20H20O7. The Morgan fingerprint density at radius 3 is 2.19 bits per heavy atom. The molecule has 1 heterocycles. The van der Waals surface area contributed by atoms with Crippen LogP contribution in [0.3, 0.4) is 0 Å². The van der Waals surface area contributed by atoms with Gasteiger partial charge >= 0.3 is 11.9 Å². The Morgan fingerprint density at radius 1 is 0.963 bits per heavy atom. The molecule has 3 rings (SSSR count). The van der Waals surface area contributed by atoms with Crippen molar-refractivity contribution in [1.82, 2.24) is 0 Å². The van der Waals surface area contributed by atoms with Gasteiger partial charge in [-0.2, -0.15) is 0 Å². The number of aromatic hydroxyl groups is 1. The van der Waals surface area contributed by atoms with Crippen molar-refractivity contribution in [2.24, 2.45) is 0 Å². The van der Waals surface area contributed by atoms with Crippen molar-refractivity contribution >= 4 is 11.9 Å². The Kier molecular flexibility index (Phi) is 4.47. The number of benzene rings is 2. The van der Waals surface area contributed by atoms with Gasteiger partial charge in [-0.25, -0.2) is 9.59 Å². The predicted octanol–water partition coefficient (Wildman–Crippen LogP) is 3.75. The summed E-state index contributed by atoms with van der Waals surface area (Å²) in [5.74, 6) is -0.404. The Morgan fingerprint density at radius 2 is 1.59 bits per heavy atom. The maximum absolute atomic E-state index is 12.8. The monoisotopic (exact) mass is 372 g/mol. The van der Waals surface area contributed by atoms with E-state index >= 15 is 0 Å². The lowest BCUT2D eigenvalue weighted by Gasteiger charge is -2.19. The van der Waals surface area contributed by atoms with Crippen molar-refractivity contribution in [1.29, 1.82) is 0 Å². The SMILES string of the molecule is COC(=O)c1c(C)c2c(c(C)c1OC)OC(=O)c1c(C)cc(O)c(C)c1O2. The van der Waals surface area contributed by atoms with Crippen LogP contribution in [0.1, 0.15) is 43.0 Å². The first-order valence-corrected chi connectivity index (χ1v) is 8.25. The minimum Gasteiger partial charge on any atom is -0.508 e. The number of rotatable bonds is 2. The Hall–Kier alpha value is -3.22. The Balaban J connectivity index is 2.38. The number of methoxy groups -OCH3 is 2. The first-order valence-electron chi connectivity index (χ1n) is 8.25. The van der Waals surface area contributed by atoms with Crippen LogP contribution < -0.4 is 14.2 Å². The minimum atomic E-state index is -0.611. The quantitative estimate of drug-likeness (QED) is 0.634. The van der Waals surface area contributed by atoms with Crippen LogP contribution in [-0.2, 0) is 4.74 Å². The first-order chi connectivity index (χ1) is 12.7. The third kappa shape index (κ3) is 2.66. The van der Waals surface area contributed by atoms with E-state index in [0.717, 1.165) is 0 Å². The molecule has 7 heteroatoms. The summed E-state index contributed by atoms with van der Waals surface area (Å²) in [6.07, 6.45) is 0. The number of phenols is 1. The van der Waals surface area contributed by atoms with Crippen LogP contribution in [0.25, 0.3) is 0 Å². The number of carbonyl (C=O) groups is 2. The van der Waals surface area contributed by atoms with E-state index in [1.807, 2.05) is 0 Å². The highest BCUT2D eigenvalue weighted by molar-refractivity contribution is 6.00. The van der Waals surface area contributed by atoms with E-state index in [0.29, 0.717) is 22.3 Å². The van der Waals surface area contributed by atoms with Crippen molar-refractivity contribution in [2.75, 3.05) is 14.2 Å². The second-order valence-corrected chi connectivity index (χ2v) is 6.34. The molecular weight excluding hydrogens is 352 g/mol. The van der Waals surface area contributed by atoms with Gasteiger partial charge in [0.15, 0.2) is 11.5 Å². The second-order valence-electron chi connectivity index (χ2n) is 6.34. The van der Waals surface area contributed by atoms with E-state index in [2.05, 4.69) is 0 Å². The number of carbonyl (C=O) groups excluding carboxylic acids is 2. The molecule has 7 nitrogen and oxygen atoms in total. The smallest absolute Gasteiger partial charge is 0.347 e. The van der Waals surface area contributed by atoms with E-state index in [9.17, 15) is 14.7 Å². The molecule has 0 unspecified atom stereocenters. The van der Waals surface area contributed by atoms with E-state index < -0.39 is 11.9 Å². The largest absolute Gasteiger partial charge is 0.508 e. The molecule has 0 saturated carbocycles. The van der Waals surface area contributed by atoms with Crippen molar-refractivity contribution in [3.63, 3.8) is 0 Å². The van der Waals surface area contributed by atoms with Gasteiger partial charge in [0.1, 0.15) is 28.4 Å². The standard InChI is InChI=1S/C20H20O7/c1-8-7-12(21)9(2)16-13(8)20(23)27-18-11(4)15(24-5)14(19(22)25-6)10(3)17(18)26-16/h7,21H,1-6H3. The summed E-state index contributed by atoms with van der Waals surface area (Å²) in [6.45, 7) is 6.63. The van der Waals surface area contributed by atoms with Crippen molar-refractivity contribution < 1.29 is 33.6 Å². The number of fused-ring (bicyclic) bond motifs is 2. The van der Waals surface area contributed by atoms with E-state index in [4.69, 9.17) is 18.9 Å². The highest BCUT2D eigenvalue weighted by Crippen LogP contribution is 2.49. The van der Waals surface area contributed by atoms with Gasteiger partial charge in [0.25, 0.3) is 0 Å². The maximum Gasteiger partial charge on any atom is 0.347 e. The molecule has 0 atom stereocenters. The Bertz CT molecular complexity index is 989. The first kappa shape index (κ1) is 18.6. The fraction of sp³-hybridized carbons (Fsp3) is 0.300. The van der Waals surface area contributed by atoms with Gasteiger partial charge in [0, 0.05) is 16.7 Å². The fourth-order valence-electron chi connectivity index (χ4n) is 3.26. The predicted molar refractivity (Wildman–Crippen MR) is 96.4 cm³/mol. The molecule has 1 aliphatic heterocycles. The third-order valence-electron chi connectivity index (χ3n) is 4.73. The number of esters is 2. The number of ether oxygens (including phenoxy) is 4. The molecule has 142 valence electrons. The van der Waals surface area contributed by atoms with Gasteiger partial charge in [-0.3, -0.25) is 0 Å². The molecule has 1 aliphatic rings. The summed E-state index contributed by atoms with van der Waals surface area (Å²) in [7, 11) is 2.69. The normalized spacial score (nSPS) is 12.3. The van der Waals surface area contributed by atoms with Crippen molar-refractivity contribution in [3.8, 4) is 28.7 Å². The zero-order chi connectivity index (χ0) is 20.0. The highest BCUT2D eigenvalue weighted by Gasteiger charge is 2.34. The molecule has 0 radical (unpaired) electrons. The zero-order valence-electron chi connectivity index (χ0n) is 16.0. The van der Waals surface area contributed by atoms with Crippen molar-refractivity contribution in [2.45, 2.75) is 27.7 Å². The molecule has 2 aromatic carbocycles. The van der Waals surface area contributed by atoms with E-state index in [-0.39, 0.29) is 39.9 Å². The van der Waals surface area contributed by atoms with Gasteiger partial charge in [0.05, 0.1) is 14.2 Å². The lowest BCUT2D eigenvalue weighted by Crippen LogP contribution is -2.12. The Labute approximate surface area is 156 Å². The maximum atomic E-state index is 12.8. The lowest BCUT2D eigenvalue weighted by molar-refractivity contribution is 0.0595.